The Morgan fingerprint density at radius 2 is 1.94 bits per heavy atom. The summed E-state index contributed by atoms with van der Waals surface area (Å²) in [6, 6.07) is 9.50. The van der Waals surface area contributed by atoms with Crippen molar-refractivity contribution in [2.24, 2.45) is 5.73 Å². The van der Waals surface area contributed by atoms with Crippen LogP contribution in [0.25, 0.3) is 0 Å². The molecule has 0 saturated heterocycles. The quantitative estimate of drug-likeness (QED) is 0.852. The van der Waals surface area contributed by atoms with E-state index in [1.807, 2.05) is 30.3 Å². The Labute approximate surface area is 102 Å². The van der Waals surface area contributed by atoms with E-state index in [0.717, 1.165) is 5.56 Å². The summed E-state index contributed by atoms with van der Waals surface area (Å²) in [5.74, 6) is -0.168. The second-order valence-electron chi connectivity index (χ2n) is 4.68. The van der Waals surface area contributed by atoms with Crippen LogP contribution in [-0.2, 0) is 14.6 Å². The summed E-state index contributed by atoms with van der Waals surface area (Å²) in [7, 11) is -1.63. The molecule has 1 aliphatic carbocycles. The Balaban J connectivity index is 2.35. The summed E-state index contributed by atoms with van der Waals surface area (Å²) in [5, 5.41) is -0.544. The summed E-state index contributed by atoms with van der Waals surface area (Å²) in [6.45, 7) is 0.254. The molecule has 17 heavy (non-hydrogen) atoms. The topological polar surface area (TPSA) is 69.4 Å². The van der Waals surface area contributed by atoms with Crippen LogP contribution in [0.15, 0.2) is 30.3 Å². The summed E-state index contributed by atoms with van der Waals surface area (Å²) in [5.41, 5.74) is 6.33. The van der Waals surface area contributed by atoms with Gasteiger partial charge in [-0.2, -0.15) is 0 Å². The van der Waals surface area contributed by atoms with Crippen LogP contribution < -0.4 is 5.73 Å². The largest absolute Gasteiger partial charge is 0.383 e. The average molecular weight is 255 g/mol. The van der Waals surface area contributed by atoms with Crippen LogP contribution in [0.5, 0.6) is 0 Å². The van der Waals surface area contributed by atoms with Crippen LogP contribution in [-0.4, -0.2) is 39.2 Å². The number of methoxy groups -OCH3 is 1. The minimum Gasteiger partial charge on any atom is -0.383 e. The van der Waals surface area contributed by atoms with Gasteiger partial charge in [0.05, 0.1) is 17.4 Å². The average Bonchev–Trinajstić information content (AvgIpc) is 2.86. The molecule has 1 aromatic rings. The van der Waals surface area contributed by atoms with E-state index in [0.29, 0.717) is 0 Å². The summed E-state index contributed by atoms with van der Waals surface area (Å²) in [4.78, 5) is 0. The molecule has 0 bridgehead atoms. The van der Waals surface area contributed by atoms with Crippen molar-refractivity contribution in [3.05, 3.63) is 35.9 Å². The van der Waals surface area contributed by atoms with Crippen LogP contribution in [0.3, 0.4) is 0 Å². The van der Waals surface area contributed by atoms with E-state index in [1.165, 1.54) is 13.4 Å². The van der Waals surface area contributed by atoms with Gasteiger partial charge in [-0.05, 0) is 5.56 Å². The highest BCUT2D eigenvalue weighted by atomic mass is 32.2. The van der Waals surface area contributed by atoms with E-state index < -0.39 is 20.6 Å². The highest BCUT2D eigenvalue weighted by molar-refractivity contribution is 7.91. The fraction of sp³-hybridized carbons (Fsp3) is 0.500. The Hall–Kier alpha value is -0.910. The van der Waals surface area contributed by atoms with Crippen LogP contribution >= 0.6 is 0 Å². The summed E-state index contributed by atoms with van der Waals surface area (Å²) < 4.78 is 28.5. The van der Waals surface area contributed by atoms with E-state index in [9.17, 15) is 8.42 Å². The lowest BCUT2D eigenvalue weighted by atomic mass is 10.1. The smallest absolute Gasteiger partial charge is 0.152 e. The Kier molecular flexibility index (Phi) is 3.01. The van der Waals surface area contributed by atoms with E-state index in [2.05, 4.69) is 0 Å². The van der Waals surface area contributed by atoms with E-state index >= 15 is 0 Å². The SMILES string of the molecule is COC[C@]1(N)[C@@H](c2ccccc2)[C@@H]1S(C)(=O)=O. The number of hydrogen-bond acceptors (Lipinski definition) is 4. The van der Waals surface area contributed by atoms with Crippen LogP contribution in [0.2, 0.25) is 0 Å². The molecule has 0 aliphatic heterocycles. The molecule has 4 nitrogen and oxygen atoms in total. The van der Waals surface area contributed by atoms with Gasteiger partial charge in [-0.25, -0.2) is 8.42 Å². The third kappa shape index (κ3) is 2.10. The summed E-state index contributed by atoms with van der Waals surface area (Å²) >= 11 is 0. The van der Waals surface area contributed by atoms with Gasteiger partial charge in [-0.3, -0.25) is 0 Å². The second-order valence-corrected chi connectivity index (χ2v) is 6.85. The highest BCUT2D eigenvalue weighted by Crippen LogP contribution is 2.53. The second kappa shape index (κ2) is 4.08. The molecule has 3 atom stereocenters. The first-order valence-corrected chi connectivity index (χ1v) is 7.38. The first kappa shape index (κ1) is 12.5. The minimum atomic E-state index is -3.16. The van der Waals surface area contributed by atoms with Crippen LogP contribution in [0, 0.1) is 0 Å². The third-order valence-electron chi connectivity index (χ3n) is 3.32. The highest BCUT2D eigenvalue weighted by Gasteiger charge is 2.67. The van der Waals surface area contributed by atoms with Gasteiger partial charge in [0.25, 0.3) is 0 Å². The van der Waals surface area contributed by atoms with Crippen LogP contribution in [0.1, 0.15) is 11.5 Å². The zero-order chi connectivity index (χ0) is 12.7. The maximum absolute atomic E-state index is 11.7. The lowest BCUT2D eigenvalue weighted by Gasteiger charge is -2.09. The van der Waals surface area contributed by atoms with Crippen molar-refractivity contribution in [2.75, 3.05) is 20.0 Å². The molecule has 0 radical (unpaired) electrons. The predicted octanol–water partition coefficient (Wildman–Crippen LogP) is 0.541. The Bertz CT molecular complexity index is 500. The normalized spacial score (nSPS) is 32.4. The molecule has 1 aromatic carbocycles. The molecule has 5 heteroatoms. The van der Waals surface area contributed by atoms with Crippen molar-refractivity contribution in [3.63, 3.8) is 0 Å². The first-order valence-electron chi connectivity index (χ1n) is 5.43. The van der Waals surface area contributed by atoms with Gasteiger partial charge in [0.1, 0.15) is 0 Å². The van der Waals surface area contributed by atoms with E-state index in [-0.39, 0.29) is 12.5 Å². The maximum atomic E-state index is 11.7. The molecule has 2 N–H and O–H groups in total. The minimum absolute atomic E-state index is 0.168. The molecule has 1 aliphatic rings. The van der Waals surface area contributed by atoms with Crippen LogP contribution in [0.4, 0.5) is 0 Å². The standard InChI is InChI=1S/C12H17NO3S/c1-16-8-12(13)10(11(12)17(2,14)15)9-6-4-3-5-7-9/h3-7,10-11H,8,13H2,1-2H3/t10-,11-,12-/m0/s1. The van der Waals surface area contributed by atoms with Gasteiger partial charge >= 0.3 is 0 Å². The third-order valence-corrected chi connectivity index (χ3v) is 4.95. The van der Waals surface area contributed by atoms with Crippen molar-refractivity contribution in [2.45, 2.75) is 16.7 Å². The number of sulfone groups is 1. The Morgan fingerprint density at radius 3 is 2.41 bits per heavy atom. The van der Waals surface area contributed by atoms with Gasteiger partial charge in [0, 0.05) is 19.3 Å². The molecule has 1 saturated carbocycles. The fourth-order valence-electron chi connectivity index (χ4n) is 2.64. The zero-order valence-electron chi connectivity index (χ0n) is 9.96. The number of nitrogens with two attached hydrogens (primary N) is 1. The molecule has 0 unspecified atom stereocenters. The summed E-state index contributed by atoms with van der Waals surface area (Å²) in [6.07, 6.45) is 1.23. The van der Waals surface area contributed by atoms with E-state index in [1.54, 1.807) is 0 Å². The molecular weight excluding hydrogens is 238 g/mol. The van der Waals surface area contributed by atoms with Crippen molar-refractivity contribution < 1.29 is 13.2 Å². The number of benzene rings is 1. The van der Waals surface area contributed by atoms with E-state index in [4.69, 9.17) is 10.5 Å². The first-order chi connectivity index (χ1) is 7.91. The molecule has 94 valence electrons. The zero-order valence-corrected chi connectivity index (χ0v) is 10.8. The maximum Gasteiger partial charge on any atom is 0.152 e. The fourth-order valence-corrected chi connectivity index (χ4v) is 4.47. The van der Waals surface area contributed by atoms with Gasteiger partial charge < -0.3 is 10.5 Å². The number of ether oxygens (including phenoxy) is 1. The van der Waals surface area contributed by atoms with Crippen molar-refractivity contribution >= 4 is 9.84 Å². The number of rotatable bonds is 4. The van der Waals surface area contributed by atoms with Crippen molar-refractivity contribution in [3.8, 4) is 0 Å². The lowest BCUT2D eigenvalue weighted by molar-refractivity contribution is 0.171. The Morgan fingerprint density at radius 1 is 1.35 bits per heavy atom. The van der Waals surface area contributed by atoms with Crippen molar-refractivity contribution in [1.29, 1.82) is 0 Å². The van der Waals surface area contributed by atoms with Gasteiger partial charge in [0.15, 0.2) is 9.84 Å². The van der Waals surface area contributed by atoms with Gasteiger partial charge in [-0.1, -0.05) is 30.3 Å². The van der Waals surface area contributed by atoms with Gasteiger partial charge in [-0.15, -0.1) is 0 Å². The molecule has 0 spiro atoms. The molecule has 0 aromatic heterocycles. The molecule has 0 amide bonds. The van der Waals surface area contributed by atoms with Gasteiger partial charge in [0.2, 0.25) is 0 Å². The molecule has 0 heterocycles. The van der Waals surface area contributed by atoms with Crippen molar-refractivity contribution in [1.82, 2.24) is 0 Å². The molecule has 1 fully saturated rings. The predicted molar refractivity (Wildman–Crippen MR) is 66.6 cm³/mol. The lowest BCUT2D eigenvalue weighted by Crippen LogP contribution is -2.35. The molecular formula is C12H17NO3S. The number of hydrogen-bond donors (Lipinski definition) is 1. The molecule has 2 rings (SSSR count). The monoisotopic (exact) mass is 255 g/mol.